The van der Waals surface area contributed by atoms with Crippen LogP contribution in [-0.4, -0.2) is 40.7 Å². The van der Waals surface area contributed by atoms with Crippen molar-refractivity contribution in [2.24, 2.45) is 0 Å². The molecular formula is C11H19N5O3. The predicted molar refractivity (Wildman–Crippen MR) is 72.4 cm³/mol. The fourth-order valence-electron chi connectivity index (χ4n) is 1.52. The highest BCUT2D eigenvalue weighted by molar-refractivity contribution is 5.69. The molecule has 1 atom stereocenters. The van der Waals surface area contributed by atoms with Gasteiger partial charge in [0, 0.05) is 19.2 Å². The van der Waals surface area contributed by atoms with Gasteiger partial charge >= 0.3 is 5.69 Å². The minimum Gasteiger partial charge on any atom is -0.380 e. The van der Waals surface area contributed by atoms with E-state index in [4.69, 9.17) is 4.74 Å². The van der Waals surface area contributed by atoms with Crippen molar-refractivity contribution in [3.05, 3.63) is 16.4 Å². The zero-order valence-electron chi connectivity index (χ0n) is 11.3. The molecular weight excluding hydrogens is 250 g/mol. The Kier molecular flexibility index (Phi) is 5.94. The monoisotopic (exact) mass is 269 g/mol. The Morgan fingerprint density at radius 3 is 2.68 bits per heavy atom. The predicted octanol–water partition coefficient (Wildman–Crippen LogP) is 1.65. The molecule has 106 valence electrons. The molecule has 0 aliphatic rings. The number of aromatic nitrogens is 2. The van der Waals surface area contributed by atoms with E-state index >= 15 is 0 Å². The number of nitro groups is 1. The number of hydrogen-bond acceptors (Lipinski definition) is 7. The topological polar surface area (TPSA) is 102 Å². The first-order chi connectivity index (χ1) is 9.10. The normalized spacial score (nSPS) is 11.9. The lowest BCUT2D eigenvalue weighted by molar-refractivity contribution is -0.383. The third-order valence-corrected chi connectivity index (χ3v) is 2.30. The summed E-state index contributed by atoms with van der Waals surface area (Å²) in [6.45, 7) is 7.20. The Balaban J connectivity index is 2.93. The van der Waals surface area contributed by atoms with Crippen molar-refractivity contribution < 1.29 is 9.66 Å². The average molecular weight is 269 g/mol. The van der Waals surface area contributed by atoms with Gasteiger partial charge in [0.2, 0.25) is 11.6 Å². The van der Waals surface area contributed by atoms with Crippen LogP contribution in [0.2, 0.25) is 0 Å². The summed E-state index contributed by atoms with van der Waals surface area (Å²) in [7, 11) is 0. The van der Waals surface area contributed by atoms with Crippen molar-refractivity contribution in [3.8, 4) is 0 Å². The van der Waals surface area contributed by atoms with Gasteiger partial charge < -0.3 is 15.4 Å². The van der Waals surface area contributed by atoms with Crippen LogP contribution in [0.1, 0.15) is 20.8 Å². The molecule has 0 aromatic carbocycles. The van der Waals surface area contributed by atoms with Gasteiger partial charge in [-0.25, -0.2) is 9.97 Å². The van der Waals surface area contributed by atoms with Crippen molar-refractivity contribution in [1.29, 1.82) is 0 Å². The molecule has 0 saturated carbocycles. The first-order valence-corrected chi connectivity index (χ1v) is 6.17. The molecule has 1 unspecified atom stereocenters. The van der Waals surface area contributed by atoms with Crippen LogP contribution in [0.4, 0.5) is 17.3 Å². The van der Waals surface area contributed by atoms with Gasteiger partial charge in [-0.05, 0) is 20.8 Å². The number of anilines is 2. The van der Waals surface area contributed by atoms with E-state index in [0.29, 0.717) is 19.8 Å². The van der Waals surface area contributed by atoms with E-state index in [1.807, 2.05) is 20.8 Å². The summed E-state index contributed by atoms with van der Waals surface area (Å²) < 4.78 is 5.25. The summed E-state index contributed by atoms with van der Waals surface area (Å²) in [5.41, 5.74) is -0.146. The number of nitrogens with zero attached hydrogens (tertiary/aromatic N) is 3. The second-order valence-corrected chi connectivity index (χ2v) is 3.91. The summed E-state index contributed by atoms with van der Waals surface area (Å²) in [5, 5.41) is 16.9. The van der Waals surface area contributed by atoms with Gasteiger partial charge in [-0.15, -0.1) is 0 Å². The molecule has 0 bridgehead atoms. The van der Waals surface area contributed by atoms with Gasteiger partial charge in [0.05, 0.1) is 11.5 Å². The van der Waals surface area contributed by atoms with E-state index in [1.54, 1.807) is 0 Å². The largest absolute Gasteiger partial charge is 0.380 e. The van der Waals surface area contributed by atoms with Crippen molar-refractivity contribution >= 4 is 17.3 Å². The van der Waals surface area contributed by atoms with Gasteiger partial charge in [-0.2, -0.15) is 0 Å². The van der Waals surface area contributed by atoms with Crippen molar-refractivity contribution in [3.63, 3.8) is 0 Å². The smallest absolute Gasteiger partial charge is 0.353 e. The van der Waals surface area contributed by atoms with E-state index in [2.05, 4.69) is 20.6 Å². The molecule has 0 aliphatic heterocycles. The second kappa shape index (κ2) is 7.47. The third-order valence-electron chi connectivity index (χ3n) is 2.30. The van der Waals surface area contributed by atoms with Crippen molar-refractivity contribution in [2.75, 3.05) is 30.4 Å². The van der Waals surface area contributed by atoms with Gasteiger partial charge in [0.1, 0.15) is 6.33 Å². The highest BCUT2D eigenvalue weighted by atomic mass is 16.6. The average Bonchev–Trinajstić information content (AvgIpc) is 2.36. The highest BCUT2D eigenvalue weighted by Gasteiger charge is 2.23. The SMILES string of the molecule is CCNc1ncnc(NC(C)COCC)c1[N+](=O)[O-]. The van der Waals surface area contributed by atoms with Crippen LogP contribution in [0.15, 0.2) is 6.33 Å². The lowest BCUT2D eigenvalue weighted by Crippen LogP contribution is -2.23. The van der Waals surface area contributed by atoms with E-state index in [1.165, 1.54) is 6.33 Å². The summed E-state index contributed by atoms with van der Waals surface area (Å²) in [4.78, 5) is 18.5. The fourth-order valence-corrected chi connectivity index (χ4v) is 1.52. The molecule has 8 nitrogen and oxygen atoms in total. The number of rotatable bonds is 8. The zero-order valence-corrected chi connectivity index (χ0v) is 11.3. The first kappa shape index (κ1) is 15.1. The maximum atomic E-state index is 11.1. The molecule has 1 rings (SSSR count). The molecule has 2 N–H and O–H groups in total. The maximum absolute atomic E-state index is 11.1. The minimum atomic E-state index is -0.492. The molecule has 8 heteroatoms. The Labute approximate surface area is 111 Å². The van der Waals surface area contributed by atoms with Crippen molar-refractivity contribution in [1.82, 2.24) is 9.97 Å². The fraction of sp³-hybridized carbons (Fsp3) is 0.636. The van der Waals surface area contributed by atoms with Gasteiger partial charge in [-0.3, -0.25) is 10.1 Å². The van der Waals surface area contributed by atoms with Crippen molar-refractivity contribution in [2.45, 2.75) is 26.8 Å². The number of nitrogens with one attached hydrogen (secondary N) is 2. The molecule has 1 aromatic rings. The molecule has 0 saturated heterocycles. The van der Waals surface area contributed by atoms with E-state index < -0.39 is 4.92 Å². The molecule has 1 aromatic heterocycles. The molecule has 0 aliphatic carbocycles. The van der Waals surface area contributed by atoms with Crippen LogP contribution in [0.25, 0.3) is 0 Å². The number of ether oxygens (including phenoxy) is 1. The maximum Gasteiger partial charge on any atom is 0.353 e. The van der Waals surface area contributed by atoms with Gasteiger partial charge in [0.25, 0.3) is 0 Å². The zero-order chi connectivity index (χ0) is 14.3. The molecule has 19 heavy (non-hydrogen) atoms. The molecule has 1 heterocycles. The first-order valence-electron chi connectivity index (χ1n) is 6.17. The Morgan fingerprint density at radius 2 is 2.11 bits per heavy atom. The van der Waals surface area contributed by atoms with Crippen LogP contribution in [0.3, 0.4) is 0 Å². The molecule has 0 radical (unpaired) electrons. The highest BCUT2D eigenvalue weighted by Crippen LogP contribution is 2.28. The van der Waals surface area contributed by atoms with Crippen LogP contribution >= 0.6 is 0 Å². The Morgan fingerprint density at radius 1 is 1.42 bits per heavy atom. The van der Waals surface area contributed by atoms with Gasteiger partial charge in [0.15, 0.2) is 0 Å². The van der Waals surface area contributed by atoms with Crippen LogP contribution in [0, 0.1) is 10.1 Å². The Bertz CT molecular complexity index is 427. The van der Waals surface area contributed by atoms with Crippen LogP contribution < -0.4 is 10.6 Å². The standard InChI is InChI=1S/C11H19N5O3/c1-4-12-10-9(16(17)18)11(14-7-13-10)15-8(3)6-19-5-2/h7-8H,4-6H2,1-3H3,(H2,12,13,14,15). The molecule has 0 spiro atoms. The summed E-state index contributed by atoms with van der Waals surface area (Å²) in [6.07, 6.45) is 1.29. The van der Waals surface area contributed by atoms with Crippen LogP contribution in [0.5, 0.6) is 0 Å². The summed E-state index contributed by atoms with van der Waals surface area (Å²) >= 11 is 0. The summed E-state index contributed by atoms with van der Waals surface area (Å²) in [6, 6.07) is -0.0805. The minimum absolute atomic E-state index is 0.0805. The second-order valence-electron chi connectivity index (χ2n) is 3.91. The van der Waals surface area contributed by atoms with E-state index in [-0.39, 0.29) is 23.4 Å². The Hall–Kier alpha value is -1.96. The lowest BCUT2D eigenvalue weighted by atomic mass is 10.3. The quantitative estimate of drug-likeness (QED) is 0.546. The number of hydrogen-bond donors (Lipinski definition) is 2. The summed E-state index contributed by atoms with van der Waals surface area (Å²) in [5.74, 6) is 0.414. The molecule has 0 amide bonds. The third kappa shape index (κ3) is 4.32. The van der Waals surface area contributed by atoms with Gasteiger partial charge in [-0.1, -0.05) is 0 Å². The van der Waals surface area contributed by atoms with E-state index in [9.17, 15) is 10.1 Å². The molecule has 0 fully saturated rings. The van der Waals surface area contributed by atoms with Crippen LogP contribution in [-0.2, 0) is 4.74 Å². The van der Waals surface area contributed by atoms with E-state index in [0.717, 1.165) is 0 Å². The lowest BCUT2D eigenvalue weighted by Gasteiger charge is -2.14.